The van der Waals surface area contributed by atoms with Crippen LogP contribution in [-0.2, 0) is 6.42 Å². The van der Waals surface area contributed by atoms with Gasteiger partial charge in [0.2, 0.25) is 0 Å². The second kappa shape index (κ2) is 5.28. The Morgan fingerprint density at radius 2 is 2.22 bits per heavy atom. The van der Waals surface area contributed by atoms with E-state index < -0.39 is 0 Å². The van der Waals surface area contributed by atoms with Gasteiger partial charge in [0.1, 0.15) is 12.2 Å². The molecule has 9 heavy (non-hydrogen) atoms. The van der Waals surface area contributed by atoms with Gasteiger partial charge in [-0.05, 0) is 0 Å². The highest BCUT2D eigenvalue weighted by molar-refractivity contribution is 4.76. The average Bonchev–Trinajstić information content (AvgIpc) is 2.43. The molecular formula is C6H13N3. The van der Waals surface area contributed by atoms with E-state index in [1.807, 2.05) is 20.8 Å². The van der Waals surface area contributed by atoms with Crippen LogP contribution in [0.25, 0.3) is 0 Å². The van der Waals surface area contributed by atoms with Crippen molar-refractivity contribution >= 4 is 0 Å². The van der Waals surface area contributed by atoms with Crippen molar-refractivity contribution in [3.05, 3.63) is 12.2 Å². The molecular weight excluding hydrogens is 114 g/mol. The highest BCUT2D eigenvalue weighted by atomic mass is 15.2. The number of rotatable bonds is 1. The van der Waals surface area contributed by atoms with Gasteiger partial charge in [0.25, 0.3) is 0 Å². The minimum Gasteiger partial charge on any atom is -0.263 e. The molecule has 0 aromatic carbocycles. The summed E-state index contributed by atoms with van der Waals surface area (Å²) in [6.45, 7) is 6.03. The van der Waals surface area contributed by atoms with Crippen LogP contribution in [-0.4, -0.2) is 15.2 Å². The molecule has 0 aliphatic carbocycles. The first-order chi connectivity index (χ1) is 4.43. The number of H-pyrrole nitrogens is 1. The van der Waals surface area contributed by atoms with Crippen LogP contribution < -0.4 is 0 Å². The maximum atomic E-state index is 3.87. The molecule has 0 aliphatic rings. The summed E-state index contributed by atoms with van der Waals surface area (Å²) < 4.78 is 0. The van der Waals surface area contributed by atoms with Crippen molar-refractivity contribution in [2.24, 2.45) is 0 Å². The highest BCUT2D eigenvalue weighted by Gasteiger charge is 1.84. The van der Waals surface area contributed by atoms with Gasteiger partial charge in [0.05, 0.1) is 0 Å². The van der Waals surface area contributed by atoms with Crippen LogP contribution in [0.15, 0.2) is 6.33 Å². The van der Waals surface area contributed by atoms with Crippen LogP contribution >= 0.6 is 0 Å². The number of aromatic amines is 1. The number of hydrogen-bond acceptors (Lipinski definition) is 2. The van der Waals surface area contributed by atoms with Crippen LogP contribution in [0.1, 0.15) is 26.6 Å². The van der Waals surface area contributed by atoms with E-state index in [2.05, 4.69) is 15.2 Å². The maximum absolute atomic E-state index is 3.87. The predicted molar refractivity (Wildman–Crippen MR) is 37.1 cm³/mol. The predicted octanol–water partition coefficient (Wildman–Crippen LogP) is 1.39. The lowest BCUT2D eigenvalue weighted by Crippen LogP contribution is -1.79. The van der Waals surface area contributed by atoms with Gasteiger partial charge in [0.15, 0.2) is 0 Å². The molecule has 52 valence electrons. The number of hydrogen-bond donors (Lipinski definition) is 1. The lowest BCUT2D eigenvalue weighted by molar-refractivity contribution is 0.946. The van der Waals surface area contributed by atoms with E-state index in [1.54, 1.807) is 0 Å². The largest absolute Gasteiger partial charge is 0.263 e. The molecule has 0 aliphatic heterocycles. The first kappa shape index (κ1) is 8.14. The molecule has 0 atom stereocenters. The third kappa shape index (κ3) is 2.85. The molecule has 0 bridgehead atoms. The summed E-state index contributed by atoms with van der Waals surface area (Å²) in [5.41, 5.74) is 0. The molecule has 1 N–H and O–H groups in total. The van der Waals surface area contributed by atoms with E-state index in [-0.39, 0.29) is 0 Å². The fraction of sp³-hybridized carbons (Fsp3) is 0.667. The summed E-state index contributed by atoms with van der Waals surface area (Å²) >= 11 is 0. The van der Waals surface area contributed by atoms with Gasteiger partial charge in [-0.3, -0.25) is 5.10 Å². The zero-order valence-electron chi connectivity index (χ0n) is 6.18. The van der Waals surface area contributed by atoms with Crippen molar-refractivity contribution < 1.29 is 0 Å². The molecule has 0 radical (unpaired) electrons. The average molecular weight is 127 g/mol. The molecule has 1 aromatic heterocycles. The van der Waals surface area contributed by atoms with Crippen LogP contribution in [0.5, 0.6) is 0 Å². The Hall–Kier alpha value is -0.860. The van der Waals surface area contributed by atoms with Gasteiger partial charge in [-0.1, -0.05) is 20.8 Å². The Morgan fingerprint density at radius 3 is 2.44 bits per heavy atom. The normalized spacial score (nSPS) is 7.89. The lowest BCUT2D eigenvalue weighted by Gasteiger charge is -1.77. The fourth-order valence-corrected chi connectivity index (χ4v) is 0.401. The first-order valence-corrected chi connectivity index (χ1v) is 3.27. The van der Waals surface area contributed by atoms with Crippen LogP contribution in [0.4, 0.5) is 0 Å². The van der Waals surface area contributed by atoms with E-state index in [1.165, 1.54) is 6.33 Å². The Kier molecular flexibility index (Phi) is 4.78. The zero-order chi connectivity index (χ0) is 7.11. The molecule has 0 saturated heterocycles. The second-order valence-corrected chi connectivity index (χ2v) is 1.29. The van der Waals surface area contributed by atoms with Crippen LogP contribution in [0, 0.1) is 0 Å². The molecule has 0 spiro atoms. The van der Waals surface area contributed by atoms with Crippen molar-refractivity contribution in [3.8, 4) is 0 Å². The third-order valence-corrected chi connectivity index (χ3v) is 0.800. The van der Waals surface area contributed by atoms with Crippen molar-refractivity contribution in [3.63, 3.8) is 0 Å². The molecule has 0 saturated carbocycles. The van der Waals surface area contributed by atoms with Gasteiger partial charge >= 0.3 is 0 Å². The van der Waals surface area contributed by atoms with Gasteiger partial charge < -0.3 is 0 Å². The number of aromatic nitrogens is 3. The minimum absolute atomic E-state index is 0.931. The van der Waals surface area contributed by atoms with E-state index in [0.29, 0.717) is 0 Å². The summed E-state index contributed by atoms with van der Waals surface area (Å²) in [6.07, 6.45) is 2.44. The molecule has 1 rings (SSSR count). The Bertz CT molecular complexity index is 123. The van der Waals surface area contributed by atoms with Gasteiger partial charge in [-0.15, -0.1) is 0 Å². The number of aryl methyl sites for hydroxylation is 1. The Balaban J connectivity index is 0.000000291. The SMILES string of the molecule is CC.CCc1ncn[nH]1. The van der Waals surface area contributed by atoms with E-state index in [9.17, 15) is 0 Å². The van der Waals surface area contributed by atoms with Crippen molar-refractivity contribution in [1.29, 1.82) is 0 Å². The van der Waals surface area contributed by atoms with Gasteiger partial charge in [0, 0.05) is 6.42 Å². The smallest absolute Gasteiger partial charge is 0.137 e. The minimum atomic E-state index is 0.931. The molecule has 0 unspecified atom stereocenters. The molecule has 1 aromatic rings. The molecule has 0 fully saturated rings. The summed E-state index contributed by atoms with van der Waals surface area (Å²) in [7, 11) is 0. The summed E-state index contributed by atoms with van der Waals surface area (Å²) in [6, 6.07) is 0. The van der Waals surface area contributed by atoms with Crippen LogP contribution in [0.3, 0.4) is 0 Å². The topological polar surface area (TPSA) is 41.6 Å². The molecule has 3 heteroatoms. The lowest BCUT2D eigenvalue weighted by atomic mass is 10.5. The Morgan fingerprint density at radius 1 is 1.56 bits per heavy atom. The second-order valence-electron chi connectivity index (χ2n) is 1.29. The van der Waals surface area contributed by atoms with Crippen LogP contribution in [0.2, 0.25) is 0 Å². The van der Waals surface area contributed by atoms with E-state index in [0.717, 1.165) is 12.2 Å². The monoisotopic (exact) mass is 127 g/mol. The fourth-order valence-electron chi connectivity index (χ4n) is 0.401. The van der Waals surface area contributed by atoms with E-state index in [4.69, 9.17) is 0 Å². The summed E-state index contributed by atoms with van der Waals surface area (Å²) in [4.78, 5) is 3.87. The Labute approximate surface area is 55.5 Å². The maximum Gasteiger partial charge on any atom is 0.137 e. The van der Waals surface area contributed by atoms with Crippen molar-refractivity contribution in [2.45, 2.75) is 27.2 Å². The standard InChI is InChI=1S/C4H7N3.C2H6/c1-2-4-5-3-6-7-4;1-2/h3H,2H2,1H3,(H,5,6,7);1-2H3. The van der Waals surface area contributed by atoms with Gasteiger partial charge in [-0.2, -0.15) is 5.10 Å². The summed E-state index contributed by atoms with van der Waals surface area (Å²) in [5, 5.41) is 6.38. The quantitative estimate of drug-likeness (QED) is 0.619. The van der Waals surface area contributed by atoms with E-state index >= 15 is 0 Å². The highest BCUT2D eigenvalue weighted by Crippen LogP contribution is 1.82. The molecule has 1 heterocycles. The van der Waals surface area contributed by atoms with Gasteiger partial charge in [-0.25, -0.2) is 4.98 Å². The van der Waals surface area contributed by atoms with Crippen molar-refractivity contribution in [2.75, 3.05) is 0 Å². The first-order valence-electron chi connectivity index (χ1n) is 3.27. The number of nitrogens with one attached hydrogen (secondary N) is 1. The molecule has 0 amide bonds. The summed E-state index contributed by atoms with van der Waals surface area (Å²) in [5.74, 6) is 0.944. The number of nitrogens with zero attached hydrogens (tertiary/aromatic N) is 2. The third-order valence-electron chi connectivity index (χ3n) is 0.800. The van der Waals surface area contributed by atoms with Crippen molar-refractivity contribution in [1.82, 2.24) is 15.2 Å². The zero-order valence-corrected chi connectivity index (χ0v) is 6.18. The molecule has 3 nitrogen and oxygen atoms in total.